The van der Waals surface area contributed by atoms with E-state index in [0.29, 0.717) is 19.0 Å². The summed E-state index contributed by atoms with van der Waals surface area (Å²) in [5, 5.41) is 15.6. The summed E-state index contributed by atoms with van der Waals surface area (Å²) in [6.45, 7) is 2.70. The summed E-state index contributed by atoms with van der Waals surface area (Å²) in [7, 11) is 0. The van der Waals surface area contributed by atoms with E-state index in [9.17, 15) is 9.90 Å². The van der Waals surface area contributed by atoms with Gasteiger partial charge in [-0.05, 0) is 37.7 Å². The van der Waals surface area contributed by atoms with Crippen molar-refractivity contribution in [2.24, 2.45) is 5.92 Å². The lowest BCUT2D eigenvalue weighted by molar-refractivity contribution is 0.0394. The van der Waals surface area contributed by atoms with Gasteiger partial charge in [-0.3, -0.25) is 0 Å². The Morgan fingerprint density at radius 2 is 2.00 bits per heavy atom. The number of benzene rings is 1. The molecule has 2 rings (SSSR count). The summed E-state index contributed by atoms with van der Waals surface area (Å²) in [5.41, 5.74) is 0.435. The van der Waals surface area contributed by atoms with E-state index in [4.69, 9.17) is 0 Å². The molecule has 1 unspecified atom stereocenters. The van der Waals surface area contributed by atoms with Crippen molar-refractivity contribution in [3.63, 3.8) is 0 Å². The molecule has 0 radical (unpaired) electrons. The lowest BCUT2D eigenvalue weighted by atomic mass is 10.0. The summed E-state index contributed by atoms with van der Waals surface area (Å²) in [4.78, 5) is 11.6. The fourth-order valence-electron chi connectivity index (χ4n) is 2.14. The largest absolute Gasteiger partial charge is 0.388 e. The van der Waals surface area contributed by atoms with E-state index < -0.39 is 5.60 Å². The summed E-state index contributed by atoms with van der Waals surface area (Å²) >= 11 is 0. The van der Waals surface area contributed by atoms with Crippen LogP contribution in [0.1, 0.15) is 25.3 Å². The van der Waals surface area contributed by atoms with Crippen molar-refractivity contribution in [2.45, 2.75) is 31.8 Å². The minimum atomic E-state index is -0.767. The van der Waals surface area contributed by atoms with Crippen molar-refractivity contribution in [2.75, 3.05) is 13.1 Å². The van der Waals surface area contributed by atoms with Crippen molar-refractivity contribution in [3.05, 3.63) is 35.9 Å². The van der Waals surface area contributed by atoms with Crippen LogP contribution in [-0.4, -0.2) is 29.8 Å². The van der Waals surface area contributed by atoms with Crippen LogP contribution in [0.25, 0.3) is 0 Å². The van der Waals surface area contributed by atoms with Crippen molar-refractivity contribution < 1.29 is 9.90 Å². The van der Waals surface area contributed by atoms with Gasteiger partial charge in [-0.1, -0.05) is 30.3 Å². The molecule has 19 heavy (non-hydrogen) atoms. The number of nitrogens with one attached hydrogen (secondary N) is 2. The molecule has 1 aromatic carbocycles. The second-order valence-corrected chi connectivity index (χ2v) is 5.48. The molecule has 3 N–H and O–H groups in total. The average molecular weight is 262 g/mol. The molecule has 1 aliphatic carbocycles. The standard InChI is InChI=1S/C15H22N2O2/c1-15(19,13-7-8-13)11-17-14(18)16-10-9-12-5-3-2-4-6-12/h2-6,13,19H,7-11H2,1H3,(H2,16,17,18). The molecule has 2 amide bonds. The van der Waals surface area contributed by atoms with Gasteiger partial charge >= 0.3 is 6.03 Å². The lowest BCUT2D eigenvalue weighted by Gasteiger charge is -2.23. The second-order valence-electron chi connectivity index (χ2n) is 5.48. The Morgan fingerprint density at radius 3 is 2.63 bits per heavy atom. The third kappa shape index (κ3) is 4.56. The molecule has 0 spiro atoms. The monoisotopic (exact) mass is 262 g/mol. The van der Waals surface area contributed by atoms with Crippen LogP contribution < -0.4 is 10.6 Å². The predicted molar refractivity (Wildman–Crippen MR) is 74.9 cm³/mol. The zero-order valence-corrected chi connectivity index (χ0v) is 11.4. The minimum Gasteiger partial charge on any atom is -0.388 e. The number of carbonyl (C=O) groups is 1. The fourth-order valence-corrected chi connectivity index (χ4v) is 2.14. The highest BCUT2D eigenvalue weighted by atomic mass is 16.3. The second kappa shape index (κ2) is 6.06. The molecule has 1 aliphatic rings. The molecule has 0 aliphatic heterocycles. The van der Waals surface area contributed by atoms with E-state index in [1.807, 2.05) is 30.3 Å². The Kier molecular flexibility index (Phi) is 4.43. The van der Waals surface area contributed by atoms with Crippen LogP contribution in [0, 0.1) is 5.92 Å². The van der Waals surface area contributed by atoms with Gasteiger partial charge in [0, 0.05) is 13.1 Å². The van der Waals surface area contributed by atoms with E-state index in [0.717, 1.165) is 19.3 Å². The topological polar surface area (TPSA) is 61.4 Å². The molecule has 0 heterocycles. The highest BCUT2D eigenvalue weighted by molar-refractivity contribution is 5.73. The van der Waals surface area contributed by atoms with Gasteiger partial charge in [0.15, 0.2) is 0 Å². The Bertz CT molecular complexity index is 413. The number of rotatable bonds is 6. The third-order valence-corrected chi connectivity index (χ3v) is 3.61. The van der Waals surface area contributed by atoms with Gasteiger partial charge in [-0.25, -0.2) is 4.79 Å². The van der Waals surface area contributed by atoms with E-state index in [1.165, 1.54) is 5.56 Å². The third-order valence-electron chi connectivity index (χ3n) is 3.61. The fraction of sp³-hybridized carbons (Fsp3) is 0.533. The number of amides is 2. The molecule has 0 bridgehead atoms. The number of urea groups is 1. The number of aliphatic hydroxyl groups is 1. The van der Waals surface area contributed by atoms with Crippen LogP contribution in [0.4, 0.5) is 4.79 Å². The van der Waals surface area contributed by atoms with E-state index in [-0.39, 0.29) is 6.03 Å². The predicted octanol–water partition coefficient (Wildman–Crippen LogP) is 1.69. The molecule has 1 fully saturated rings. The molecule has 4 heteroatoms. The highest BCUT2D eigenvalue weighted by Gasteiger charge is 2.39. The minimum absolute atomic E-state index is 0.211. The molecule has 104 valence electrons. The maximum absolute atomic E-state index is 11.6. The SMILES string of the molecule is CC(O)(CNC(=O)NCCc1ccccc1)C1CC1. The van der Waals surface area contributed by atoms with Gasteiger partial charge in [0.25, 0.3) is 0 Å². The molecule has 0 saturated heterocycles. The first kappa shape index (κ1) is 13.9. The first-order valence-electron chi connectivity index (χ1n) is 6.86. The van der Waals surface area contributed by atoms with Gasteiger partial charge < -0.3 is 15.7 Å². The van der Waals surface area contributed by atoms with Crippen LogP contribution in [0.5, 0.6) is 0 Å². The summed E-state index contributed by atoms with van der Waals surface area (Å²) in [5.74, 6) is 0.345. The van der Waals surface area contributed by atoms with Crippen molar-refractivity contribution in [1.82, 2.24) is 10.6 Å². The van der Waals surface area contributed by atoms with E-state index in [2.05, 4.69) is 10.6 Å². The van der Waals surface area contributed by atoms with Crippen molar-refractivity contribution >= 4 is 6.03 Å². The average Bonchev–Trinajstić information content (AvgIpc) is 3.22. The zero-order valence-electron chi connectivity index (χ0n) is 11.4. The highest BCUT2D eigenvalue weighted by Crippen LogP contribution is 2.38. The Balaban J connectivity index is 1.62. The van der Waals surface area contributed by atoms with Crippen molar-refractivity contribution in [3.8, 4) is 0 Å². The van der Waals surface area contributed by atoms with Crippen molar-refractivity contribution in [1.29, 1.82) is 0 Å². The van der Waals surface area contributed by atoms with Crippen LogP contribution in [0.15, 0.2) is 30.3 Å². The van der Waals surface area contributed by atoms with Gasteiger partial charge in [-0.2, -0.15) is 0 Å². The Hall–Kier alpha value is -1.55. The maximum atomic E-state index is 11.6. The molecule has 4 nitrogen and oxygen atoms in total. The Morgan fingerprint density at radius 1 is 1.32 bits per heavy atom. The molecular formula is C15H22N2O2. The smallest absolute Gasteiger partial charge is 0.314 e. The number of hydrogen-bond donors (Lipinski definition) is 3. The summed E-state index contributed by atoms with van der Waals surface area (Å²) in [6.07, 6.45) is 2.93. The maximum Gasteiger partial charge on any atom is 0.314 e. The number of hydrogen-bond acceptors (Lipinski definition) is 2. The van der Waals surface area contributed by atoms with Crippen LogP contribution in [0.2, 0.25) is 0 Å². The lowest BCUT2D eigenvalue weighted by Crippen LogP contribution is -2.46. The molecule has 1 aromatic rings. The van der Waals surface area contributed by atoms with Crippen LogP contribution in [-0.2, 0) is 6.42 Å². The Labute approximate surface area is 114 Å². The zero-order chi connectivity index (χ0) is 13.7. The first-order valence-corrected chi connectivity index (χ1v) is 6.86. The molecule has 1 atom stereocenters. The molecule has 0 aromatic heterocycles. The van der Waals surface area contributed by atoms with Crippen LogP contribution >= 0.6 is 0 Å². The van der Waals surface area contributed by atoms with Crippen LogP contribution in [0.3, 0.4) is 0 Å². The summed E-state index contributed by atoms with van der Waals surface area (Å²) < 4.78 is 0. The number of carbonyl (C=O) groups excluding carboxylic acids is 1. The first-order chi connectivity index (χ1) is 9.08. The molecular weight excluding hydrogens is 240 g/mol. The molecule has 1 saturated carbocycles. The normalized spacial score (nSPS) is 17.6. The van der Waals surface area contributed by atoms with Gasteiger partial charge in [0.2, 0.25) is 0 Å². The van der Waals surface area contributed by atoms with E-state index in [1.54, 1.807) is 6.92 Å². The van der Waals surface area contributed by atoms with E-state index >= 15 is 0 Å². The van der Waals surface area contributed by atoms with Gasteiger partial charge in [0.05, 0.1) is 5.60 Å². The van der Waals surface area contributed by atoms with Gasteiger partial charge in [0.1, 0.15) is 0 Å². The quantitative estimate of drug-likeness (QED) is 0.730. The van der Waals surface area contributed by atoms with Gasteiger partial charge in [-0.15, -0.1) is 0 Å². The summed E-state index contributed by atoms with van der Waals surface area (Å²) in [6, 6.07) is 9.82.